The minimum atomic E-state index is -0.263. The number of piperidine rings is 1. The van der Waals surface area contributed by atoms with Crippen molar-refractivity contribution in [2.24, 2.45) is 0 Å². The number of thiophene rings is 1. The molecule has 1 fully saturated rings. The van der Waals surface area contributed by atoms with E-state index in [2.05, 4.69) is 5.32 Å². The summed E-state index contributed by atoms with van der Waals surface area (Å²) in [6.45, 7) is 5.26. The van der Waals surface area contributed by atoms with E-state index in [4.69, 9.17) is 4.74 Å². The molecule has 0 saturated carbocycles. The van der Waals surface area contributed by atoms with E-state index in [9.17, 15) is 9.59 Å². The molecule has 1 N–H and O–H groups in total. The number of rotatable bonds is 4. The maximum Gasteiger partial charge on any atom is 0.409 e. The van der Waals surface area contributed by atoms with E-state index in [0.29, 0.717) is 25.3 Å². The van der Waals surface area contributed by atoms with Crippen molar-refractivity contribution < 1.29 is 14.3 Å². The summed E-state index contributed by atoms with van der Waals surface area (Å²) in [5.74, 6) is -0.0389. The fraction of sp³-hybridized carbons (Fsp3) is 0.500. The molecule has 22 heavy (non-hydrogen) atoms. The van der Waals surface area contributed by atoms with Crippen molar-refractivity contribution in [2.45, 2.75) is 32.7 Å². The highest BCUT2D eigenvalue weighted by Gasteiger charge is 2.24. The second-order valence-electron chi connectivity index (χ2n) is 5.28. The van der Waals surface area contributed by atoms with E-state index in [1.54, 1.807) is 23.2 Å². The molecule has 0 aliphatic carbocycles. The Hall–Kier alpha value is -1.82. The SMILES string of the molecule is CCOC(=O)N1CCC(NC(=O)/C(C)=C/c2cccs2)CC1. The molecule has 0 unspecified atom stereocenters. The Kier molecular flexibility index (Phi) is 6.00. The number of amides is 2. The molecule has 0 radical (unpaired) electrons. The van der Waals surface area contributed by atoms with E-state index in [1.165, 1.54) is 0 Å². The van der Waals surface area contributed by atoms with Crippen LogP contribution in [-0.4, -0.2) is 42.6 Å². The minimum Gasteiger partial charge on any atom is -0.450 e. The number of ether oxygens (including phenoxy) is 1. The molecule has 1 aromatic rings. The molecule has 2 amide bonds. The normalized spacial score (nSPS) is 16.5. The zero-order valence-corrected chi connectivity index (χ0v) is 13.8. The molecule has 1 aliphatic rings. The average Bonchev–Trinajstić information content (AvgIpc) is 3.01. The molecule has 0 aromatic carbocycles. The molecule has 1 aliphatic heterocycles. The Labute approximate surface area is 135 Å². The third kappa shape index (κ3) is 4.59. The second kappa shape index (κ2) is 7.98. The summed E-state index contributed by atoms with van der Waals surface area (Å²) in [5, 5.41) is 5.03. The van der Waals surface area contributed by atoms with Crippen LogP contribution in [0.25, 0.3) is 6.08 Å². The van der Waals surface area contributed by atoms with Gasteiger partial charge in [-0.15, -0.1) is 11.3 Å². The maximum absolute atomic E-state index is 12.2. The van der Waals surface area contributed by atoms with E-state index < -0.39 is 0 Å². The zero-order valence-electron chi connectivity index (χ0n) is 13.0. The smallest absolute Gasteiger partial charge is 0.409 e. The Morgan fingerprint density at radius 2 is 2.18 bits per heavy atom. The minimum absolute atomic E-state index is 0.0389. The van der Waals surface area contributed by atoms with Gasteiger partial charge in [0.2, 0.25) is 5.91 Å². The summed E-state index contributed by atoms with van der Waals surface area (Å²) >= 11 is 1.61. The molecule has 0 atom stereocenters. The predicted molar refractivity (Wildman–Crippen MR) is 87.7 cm³/mol. The Bertz CT molecular complexity index is 532. The van der Waals surface area contributed by atoms with E-state index in [-0.39, 0.29) is 18.0 Å². The summed E-state index contributed by atoms with van der Waals surface area (Å²) < 4.78 is 4.99. The number of hydrogen-bond acceptors (Lipinski definition) is 4. The number of nitrogens with one attached hydrogen (secondary N) is 1. The number of hydrogen-bond donors (Lipinski definition) is 1. The lowest BCUT2D eigenvalue weighted by molar-refractivity contribution is -0.118. The van der Waals surface area contributed by atoms with Gasteiger partial charge in [0.1, 0.15) is 0 Å². The lowest BCUT2D eigenvalue weighted by Crippen LogP contribution is -2.46. The quantitative estimate of drug-likeness (QED) is 0.867. The van der Waals surface area contributed by atoms with Gasteiger partial charge in [0, 0.05) is 29.6 Å². The first-order valence-corrected chi connectivity index (χ1v) is 8.42. The van der Waals surface area contributed by atoms with Gasteiger partial charge in [-0.05, 0) is 44.2 Å². The van der Waals surface area contributed by atoms with Gasteiger partial charge < -0.3 is 15.0 Å². The Balaban J connectivity index is 1.80. The second-order valence-corrected chi connectivity index (χ2v) is 6.26. The van der Waals surface area contributed by atoms with Crippen molar-refractivity contribution in [3.63, 3.8) is 0 Å². The van der Waals surface area contributed by atoms with Crippen LogP contribution < -0.4 is 5.32 Å². The molecular weight excluding hydrogens is 300 g/mol. The summed E-state index contributed by atoms with van der Waals surface area (Å²) in [4.78, 5) is 26.6. The summed E-state index contributed by atoms with van der Waals surface area (Å²) in [7, 11) is 0. The third-order valence-electron chi connectivity index (χ3n) is 3.62. The average molecular weight is 322 g/mol. The molecule has 2 rings (SSSR count). The van der Waals surface area contributed by atoms with Crippen LogP contribution in [0.5, 0.6) is 0 Å². The molecule has 2 heterocycles. The number of carbonyl (C=O) groups is 2. The monoisotopic (exact) mass is 322 g/mol. The van der Waals surface area contributed by atoms with Crippen molar-refractivity contribution in [1.29, 1.82) is 0 Å². The van der Waals surface area contributed by atoms with Crippen molar-refractivity contribution in [3.8, 4) is 0 Å². The number of nitrogens with zero attached hydrogens (tertiary/aromatic N) is 1. The third-order valence-corrected chi connectivity index (χ3v) is 4.44. The van der Waals surface area contributed by atoms with Gasteiger partial charge in [-0.1, -0.05) is 6.07 Å². The standard InChI is InChI=1S/C16H22N2O3S/c1-3-21-16(20)18-8-6-13(7-9-18)17-15(19)12(2)11-14-5-4-10-22-14/h4-5,10-11,13H,3,6-9H2,1-2H3,(H,17,19)/b12-11+. The number of carbonyl (C=O) groups excluding carboxylic acids is 2. The molecule has 1 aromatic heterocycles. The van der Waals surface area contributed by atoms with Crippen molar-refractivity contribution in [2.75, 3.05) is 19.7 Å². The summed E-state index contributed by atoms with van der Waals surface area (Å²) in [6.07, 6.45) is 3.16. The van der Waals surface area contributed by atoms with Crippen molar-refractivity contribution in [1.82, 2.24) is 10.2 Å². The van der Waals surface area contributed by atoms with Crippen LogP contribution in [-0.2, 0) is 9.53 Å². The molecule has 120 valence electrons. The van der Waals surface area contributed by atoms with Crippen LogP contribution in [0.15, 0.2) is 23.1 Å². The summed E-state index contributed by atoms with van der Waals surface area (Å²) in [5.41, 5.74) is 0.704. The van der Waals surface area contributed by atoms with Crippen LogP contribution in [0.1, 0.15) is 31.6 Å². The molecular formula is C16H22N2O3S. The summed E-state index contributed by atoms with van der Waals surface area (Å²) in [6, 6.07) is 4.07. The van der Waals surface area contributed by atoms with Gasteiger partial charge in [-0.25, -0.2) is 4.79 Å². The first-order chi connectivity index (χ1) is 10.6. The van der Waals surface area contributed by atoms with Gasteiger partial charge in [0.15, 0.2) is 0 Å². The highest BCUT2D eigenvalue weighted by molar-refractivity contribution is 7.10. The maximum atomic E-state index is 12.2. The van der Waals surface area contributed by atoms with Crippen LogP contribution >= 0.6 is 11.3 Å². The van der Waals surface area contributed by atoms with Crippen LogP contribution in [0.3, 0.4) is 0 Å². The lowest BCUT2D eigenvalue weighted by Gasteiger charge is -2.31. The Morgan fingerprint density at radius 1 is 1.45 bits per heavy atom. The highest BCUT2D eigenvalue weighted by atomic mass is 32.1. The fourth-order valence-electron chi connectivity index (χ4n) is 2.37. The molecule has 5 nitrogen and oxygen atoms in total. The predicted octanol–water partition coefficient (Wildman–Crippen LogP) is 2.89. The van der Waals surface area contributed by atoms with Gasteiger partial charge in [0.25, 0.3) is 0 Å². The number of likely N-dealkylation sites (tertiary alicyclic amines) is 1. The van der Waals surface area contributed by atoms with Crippen LogP contribution in [0.2, 0.25) is 0 Å². The largest absolute Gasteiger partial charge is 0.450 e. The van der Waals surface area contributed by atoms with Crippen molar-refractivity contribution in [3.05, 3.63) is 28.0 Å². The topological polar surface area (TPSA) is 58.6 Å². The van der Waals surface area contributed by atoms with Crippen molar-refractivity contribution >= 4 is 29.4 Å². The molecule has 1 saturated heterocycles. The van der Waals surface area contributed by atoms with Gasteiger partial charge in [-0.3, -0.25) is 4.79 Å². The fourth-order valence-corrected chi connectivity index (χ4v) is 3.09. The Morgan fingerprint density at radius 3 is 2.77 bits per heavy atom. The zero-order chi connectivity index (χ0) is 15.9. The van der Waals surface area contributed by atoms with Gasteiger partial charge in [0.05, 0.1) is 6.61 Å². The molecule has 6 heteroatoms. The van der Waals surface area contributed by atoms with Crippen LogP contribution in [0, 0.1) is 0 Å². The van der Waals surface area contributed by atoms with Gasteiger partial charge >= 0.3 is 6.09 Å². The molecule has 0 spiro atoms. The van der Waals surface area contributed by atoms with E-state index in [0.717, 1.165) is 17.7 Å². The first kappa shape index (κ1) is 16.5. The van der Waals surface area contributed by atoms with E-state index >= 15 is 0 Å². The van der Waals surface area contributed by atoms with Gasteiger partial charge in [-0.2, -0.15) is 0 Å². The first-order valence-electron chi connectivity index (χ1n) is 7.54. The molecule has 0 bridgehead atoms. The lowest BCUT2D eigenvalue weighted by atomic mass is 10.0. The van der Waals surface area contributed by atoms with Crippen LogP contribution in [0.4, 0.5) is 4.79 Å². The highest BCUT2D eigenvalue weighted by Crippen LogP contribution is 2.15. The van der Waals surface area contributed by atoms with E-state index in [1.807, 2.05) is 30.5 Å².